The van der Waals surface area contributed by atoms with Crippen LogP contribution in [0.5, 0.6) is 0 Å². The molecule has 1 heterocycles. The summed E-state index contributed by atoms with van der Waals surface area (Å²) in [6.45, 7) is 7.38. The molecule has 22 heavy (non-hydrogen) atoms. The number of hydrogen-bond acceptors (Lipinski definition) is 1. The summed E-state index contributed by atoms with van der Waals surface area (Å²) in [5.41, 5.74) is 7.57. The fourth-order valence-electron chi connectivity index (χ4n) is 3.24. The standard InChI is InChI=1S/C19H22N2S/c1-13-7-4-8-14(2)17(13)20-19(22)21-12-6-11-16-10-5-9-15(3)18(16)21/h4-5,7-10H,6,11-12H2,1-3H3,(H,20,22). The molecule has 0 saturated carbocycles. The second-order valence-electron chi connectivity index (χ2n) is 6.03. The van der Waals surface area contributed by atoms with E-state index in [1.165, 1.54) is 27.9 Å². The number of benzene rings is 2. The molecule has 0 radical (unpaired) electrons. The third-order valence-electron chi connectivity index (χ3n) is 4.38. The highest BCUT2D eigenvalue weighted by molar-refractivity contribution is 7.80. The summed E-state index contributed by atoms with van der Waals surface area (Å²) in [6.07, 6.45) is 2.28. The van der Waals surface area contributed by atoms with E-state index in [4.69, 9.17) is 12.2 Å². The zero-order valence-corrected chi connectivity index (χ0v) is 14.3. The summed E-state index contributed by atoms with van der Waals surface area (Å²) >= 11 is 5.73. The van der Waals surface area contributed by atoms with Crippen LogP contribution in [0.1, 0.15) is 28.7 Å². The van der Waals surface area contributed by atoms with Crippen LogP contribution in [0.25, 0.3) is 0 Å². The highest BCUT2D eigenvalue weighted by Crippen LogP contribution is 2.31. The maximum absolute atomic E-state index is 5.73. The topological polar surface area (TPSA) is 15.3 Å². The van der Waals surface area contributed by atoms with Crippen LogP contribution in [-0.2, 0) is 6.42 Å². The highest BCUT2D eigenvalue weighted by atomic mass is 32.1. The monoisotopic (exact) mass is 310 g/mol. The molecule has 1 aliphatic heterocycles. The Morgan fingerprint density at radius 1 is 1.00 bits per heavy atom. The van der Waals surface area contributed by atoms with Crippen LogP contribution in [-0.4, -0.2) is 11.7 Å². The number of anilines is 2. The van der Waals surface area contributed by atoms with Crippen LogP contribution < -0.4 is 10.2 Å². The molecule has 0 unspecified atom stereocenters. The molecular weight excluding hydrogens is 288 g/mol. The number of nitrogens with zero attached hydrogens (tertiary/aromatic N) is 1. The van der Waals surface area contributed by atoms with Crippen molar-refractivity contribution in [3.05, 3.63) is 58.7 Å². The minimum absolute atomic E-state index is 0.799. The van der Waals surface area contributed by atoms with Crippen molar-refractivity contribution in [1.29, 1.82) is 0 Å². The van der Waals surface area contributed by atoms with E-state index in [-0.39, 0.29) is 0 Å². The van der Waals surface area contributed by atoms with Crippen molar-refractivity contribution in [2.75, 3.05) is 16.8 Å². The molecule has 0 atom stereocenters. The van der Waals surface area contributed by atoms with E-state index in [9.17, 15) is 0 Å². The minimum Gasteiger partial charge on any atom is -0.332 e. The Labute approximate surface area is 138 Å². The Balaban J connectivity index is 1.92. The first-order valence-electron chi connectivity index (χ1n) is 7.81. The van der Waals surface area contributed by atoms with Gasteiger partial charge < -0.3 is 10.2 Å². The quantitative estimate of drug-likeness (QED) is 0.764. The van der Waals surface area contributed by atoms with Crippen LogP contribution in [0.2, 0.25) is 0 Å². The summed E-state index contributed by atoms with van der Waals surface area (Å²) in [6, 6.07) is 12.8. The van der Waals surface area contributed by atoms with Gasteiger partial charge in [-0.25, -0.2) is 0 Å². The minimum atomic E-state index is 0.799. The van der Waals surface area contributed by atoms with Crippen molar-refractivity contribution in [3.63, 3.8) is 0 Å². The molecule has 1 N–H and O–H groups in total. The average Bonchev–Trinajstić information content (AvgIpc) is 2.50. The highest BCUT2D eigenvalue weighted by Gasteiger charge is 2.22. The zero-order chi connectivity index (χ0) is 15.7. The lowest BCUT2D eigenvalue weighted by Gasteiger charge is -2.33. The van der Waals surface area contributed by atoms with E-state index >= 15 is 0 Å². The largest absolute Gasteiger partial charge is 0.332 e. The number of aryl methyl sites for hydroxylation is 4. The zero-order valence-electron chi connectivity index (χ0n) is 13.4. The number of hydrogen-bond donors (Lipinski definition) is 1. The normalized spacial score (nSPS) is 13.7. The predicted molar refractivity (Wildman–Crippen MR) is 99.0 cm³/mol. The van der Waals surface area contributed by atoms with Gasteiger partial charge in [0.1, 0.15) is 0 Å². The van der Waals surface area contributed by atoms with Crippen LogP contribution in [0.15, 0.2) is 36.4 Å². The summed E-state index contributed by atoms with van der Waals surface area (Å²) in [7, 11) is 0. The molecule has 3 rings (SSSR count). The third kappa shape index (κ3) is 2.73. The van der Waals surface area contributed by atoms with Gasteiger partial charge in [0, 0.05) is 17.9 Å². The molecule has 1 aliphatic rings. The van der Waals surface area contributed by atoms with E-state index in [0.29, 0.717) is 0 Å². The molecular formula is C19H22N2S. The van der Waals surface area contributed by atoms with Gasteiger partial charge in [-0.15, -0.1) is 0 Å². The van der Waals surface area contributed by atoms with Gasteiger partial charge in [0.05, 0.1) is 0 Å². The van der Waals surface area contributed by atoms with E-state index in [2.05, 4.69) is 67.4 Å². The first-order valence-corrected chi connectivity index (χ1v) is 8.22. The average molecular weight is 310 g/mol. The third-order valence-corrected chi connectivity index (χ3v) is 4.70. The smallest absolute Gasteiger partial charge is 0.177 e. The number of fused-ring (bicyclic) bond motifs is 1. The van der Waals surface area contributed by atoms with Gasteiger partial charge in [-0.1, -0.05) is 36.4 Å². The molecule has 0 amide bonds. The SMILES string of the molecule is Cc1cccc(C)c1NC(=S)N1CCCc2cccc(C)c21. The molecule has 0 bridgehead atoms. The lowest BCUT2D eigenvalue weighted by Crippen LogP contribution is -2.39. The van der Waals surface area contributed by atoms with Gasteiger partial charge >= 0.3 is 0 Å². The molecule has 2 aromatic rings. The lowest BCUT2D eigenvalue weighted by atomic mass is 9.98. The van der Waals surface area contributed by atoms with Gasteiger partial charge in [-0.05, 0) is 68.1 Å². The predicted octanol–water partition coefficient (Wildman–Crippen LogP) is 4.76. The van der Waals surface area contributed by atoms with Crippen LogP contribution in [0, 0.1) is 20.8 Å². The van der Waals surface area contributed by atoms with Crippen molar-refractivity contribution < 1.29 is 0 Å². The summed E-state index contributed by atoms with van der Waals surface area (Å²) in [5, 5.41) is 4.27. The van der Waals surface area contributed by atoms with Crippen LogP contribution in [0.4, 0.5) is 11.4 Å². The summed E-state index contributed by atoms with van der Waals surface area (Å²) in [5.74, 6) is 0. The molecule has 2 aromatic carbocycles. The maximum atomic E-state index is 5.73. The lowest BCUT2D eigenvalue weighted by molar-refractivity contribution is 0.777. The van der Waals surface area contributed by atoms with Crippen molar-refractivity contribution in [2.45, 2.75) is 33.6 Å². The Bertz CT molecular complexity index is 701. The van der Waals surface area contributed by atoms with E-state index in [0.717, 1.165) is 30.2 Å². The van der Waals surface area contributed by atoms with Crippen LogP contribution >= 0.6 is 12.2 Å². The molecule has 0 saturated heterocycles. The van der Waals surface area contributed by atoms with Crippen LogP contribution in [0.3, 0.4) is 0 Å². The van der Waals surface area contributed by atoms with Crippen molar-refractivity contribution >= 4 is 28.7 Å². The molecule has 0 aromatic heterocycles. The van der Waals surface area contributed by atoms with Gasteiger partial charge in [-0.2, -0.15) is 0 Å². The molecule has 2 nitrogen and oxygen atoms in total. The number of nitrogens with one attached hydrogen (secondary N) is 1. The van der Waals surface area contributed by atoms with E-state index in [1.54, 1.807) is 0 Å². The van der Waals surface area contributed by atoms with Gasteiger partial charge in [0.15, 0.2) is 5.11 Å². The Morgan fingerprint density at radius 3 is 2.36 bits per heavy atom. The number of rotatable bonds is 1. The second-order valence-corrected chi connectivity index (χ2v) is 6.42. The number of thiocarbonyl (C=S) groups is 1. The summed E-state index contributed by atoms with van der Waals surface area (Å²) in [4.78, 5) is 2.26. The molecule has 3 heteroatoms. The Kier molecular flexibility index (Phi) is 4.16. The Hall–Kier alpha value is -1.87. The molecule has 0 aliphatic carbocycles. The first-order chi connectivity index (χ1) is 10.6. The van der Waals surface area contributed by atoms with Crippen molar-refractivity contribution in [1.82, 2.24) is 0 Å². The van der Waals surface area contributed by atoms with Crippen molar-refractivity contribution in [3.8, 4) is 0 Å². The van der Waals surface area contributed by atoms with Crippen molar-refractivity contribution in [2.24, 2.45) is 0 Å². The maximum Gasteiger partial charge on any atom is 0.177 e. The molecule has 0 spiro atoms. The first kappa shape index (κ1) is 15.0. The fourth-order valence-corrected chi connectivity index (χ4v) is 3.52. The molecule has 0 fully saturated rings. The fraction of sp³-hybridized carbons (Fsp3) is 0.316. The van der Waals surface area contributed by atoms with E-state index < -0.39 is 0 Å². The molecule has 114 valence electrons. The van der Waals surface area contributed by atoms with E-state index in [1.807, 2.05) is 0 Å². The Morgan fingerprint density at radius 2 is 1.64 bits per heavy atom. The van der Waals surface area contributed by atoms with Gasteiger partial charge in [0.2, 0.25) is 0 Å². The number of para-hydroxylation sites is 2. The van der Waals surface area contributed by atoms with Gasteiger partial charge in [0.25, 0.3) is 0 Å². The second kappa shape index (κ2) is 6.09. The van der Waals surface area contributed by atoms with Gasteiger partial charge in [-0.3, -0.25) is 0 Å². The summed E-state index contributed by atoms with van der Waals surface area (Å²) < 4.78 is 0.